The molecule has 1 heterocycles. The highest BCUT2D eigenvalue weighted by Crippen LogP contribution is 2.35. The lowest BCUT2D eigenvalue weighted by Crippen LogP contribution is -2.30. The Bertz CT molecular complexity index is 989. The Morgan fingerprint density at radius 1 is 1.12 bits per heavy atom. The highest BCUT2D eigenvalue weighted by atomic mass is 32.1. The SMILES string of the molecule is CCN(CC)C(=O)c1sc(NC(=O)C=Cc2ccc(OC)cc2)c(C(=O)OC(C)C)c1C. The van der Waals surface area contributed by atoms with E-state index >= 15 is 0 Å². The number of rotatable bonds is 9. The molecule has 0 radical (unpaired) electrons. The number of ether oxygens (including phenoxy) is 2. The number of anilines is 1. The van der Waals surface area contributed by atoms with Crippen LogP contribution in [0.3, 0.4) is 0 Å². The number of thiophene rings is 1. The average Bonchev–Trinajstić information content (AvgIpc) is 3.08. The lowest BCUT2D eigenvalue weighted by atomic mass is 10.1. The molecular weight excluding hydrogens is 428 g/mol. The van der Waals surface area contributed by atoms with Crippen LogP contribution in [-0.2, 0) is 9.53 Å². The summed E-state index contributed by atoms with van der Waals surface area (Å²) in [4.78, 5) is 40.3. The lowest BCUT2D eigenvalue weighted by Gasteiger charge is -2.18. The monoisotopic (exact) mass is 458 g/mol. The first-order valence-corrected chi connectivity index (χ1v) is 11.3. The summed E-state index contributed by atoms with van der Waals surface area (Å²) >= 11 is 1.09. The first-order chi connectivity index (χ1) is 15.2. The summed E-state index contributed by atoms with van der Waals surface area (Å²) in [7, 11) is 1.59. The van der Waals surface area contributed by atoms with Crippen LogP contribution in [0.25, 0.3) is 6.08 Å². The van der Waals surface area contributed by atoms with E-state index in [0.717, 1.165) is 22.6 Å². The average molecular weight is 459 g/mol. The van der Waals surface area contributed by atoms with Gasteiger partial charge in [0.25, 0.3) is 5.91 Å². The van der Waals surface area contributed by atoms with Gasteiger partial charge in [0.1, 0.15) is 10.8 Å². The number of hydrogen-bond acceptors (Lipinski definition) is 6. The van der Waals surface area contributed by atoms with E-state index in [2.05, 4.69) is 5.32 Å². The van der Waals surface area contributed by atoms with E-state index in [4.69, 9.17) is 9.47 Å². The molecule has 1 aromatic heterocycles. The minimum atomic E-state index is -0.568. The van der Waals surface area contributed by atoms with Gasteiger partial charge in [-0.15, -0.1) is 11.3 Å². The Kier molecular flexibility index (Phi) is 9.02. The number of nitrogens with zero attached hydrogens (tertiary/aromatic N) is 1. The second kappa shape index (κ2) is 11.5. The molecule has 1 N–H and O–H groups in total. The van der Waals surface area contributed by atoms with E-state index in [1.165, 1.54) is 6.08 Å². The van der Waals surface area contributed by atoms with Crippen molar-refractivity contribution < 1.29 is 23.9 Å². The van der Waals surface area contributed by atoms with Crippen molar-refractivity contribution >= 4 is 40.2 Å². The number of benzene rings is 1. The fourth-order valence-corrected chi connectivity index (χ4v) is 4.19. The van der Waals surface area contributed by atoms with Crippen molar-refractivity contribution in [2.24, 2.45) is 0 Å². The molecule has 2 rings (SSSR count). The molecule has 8 heteroatoms. The molecule has 0 aliphatic heterocycles. The van der Waals surface area contributed by atoms with Gasteiger partial charge in [0.2, 0.25) is 5.91 Å². The summed E-state index contributed by atoms with van der Waals surface area (Å²) in [6, 6.07) is 7.24. The molecule has 2 amide bonds. The van der Waals surface area contributed by atoms with Gasteiger partial charge in [-0.05, 0) is 64.0 Å². The summed E-state index contributed by atoms with van der Waals surface area (Å²) in [6.07, 6.45) is 2.70. The van der Waals surface area contributed by atoms with Gasteiger partial charge < -0.3 is 19.7 Å². The maximum atomic E-state index is 12.9. The molecule has 0 saturated carbocycles. The van der Waals surface area contributed by atoms with Crippen molar-refractivity contribution in [2.45, 2.75) is 40.7 Å². The van der Waals surface area contributed by atoms with E-state index < -0.39 is 11.9 Å². The Hall–Kier alpha value is -3.13. The maximum absolute atomic E-state index is 12.9. The van der Waals surface area contributed by atoms with Crippen LogP contribution in [0.15, 0.2) is 30.3 Å². The molecule has 0 unspecified atom stereocenters. The lowest BCUT2D eigenvalue weighted by molar-refractivity contribution is -0.111. The number of esters is 1. The Balaban J connectivity index is 2.33. The number of amides is 2. The third kappa shape index (κ3) is 6.20. The molecule has 0 spiro atoms. The van der Waals surface area contributed by atoms with E-state index in [1.54, 1.807) is 51.0 Å². The molecule has 2 aromatic rings. The van der Waals surface area contributed by atoms with Crippen LogP contribution < -0.4 is 10.1 Å². The number of carbonyl (C=O) groups excluding carboxylic acids is 3. The maximum Gasteiger partial charge on any atom is 0.341 e. The van der Waals surface area contributed by atoms with Gasteiger partial charge in [0.15, 0.2) is 0 Å². The van der Waals surface area contributed by atoms with Gasteiger partial charge in [-0.1, -0.05) is 12.1 Å². The molecule has 0 saturated heterocycles. The number of methoxy groups -OCH3 is 1. The van der Waals surface area contributed by atoms with Gasteiger partial charge in [-0.2, -0.15) is 0 Å². The third-order valence-corrected chi connectivity index (χ3v) is 5.91. The number of hydrogen-bond donors (Lipinski definition) is 1. The van der Waals surface area contributed by atoms with Crippen LogP contribution in [0.1, 0.15) is 58.9 Å². The molecule has 0 aliphatic carbocycles. The van der Waals surface area contributed by atoms with Gasteiger partial charge in [0, 0.05) is 19.2 Å². The Morgan fingerprint density at radius 3 is 2.28 bits per heavy atom. The van der Waals surface area contributed by atoms with E-state index in [0.29, 0.717) is 28.5 Å². The van der Waals surface area contributed by atoms with E-state index in [1.807, 2.05) is 26.0 Å². The number of carbonyl (C=O) groups is 3. The van der Waals surface area contributed by atoms with Gasteiger partial charge >= 0.3 is 5.97 Å². The van der Waals surface area contributed by atoms with Crippen molar-refractivity contribution in [3.8, 4) is 5.75 Å². The van der Waals surface area contributed by atoms with Crippen LogP contribution in [0.4, 0.5) is 5.00 Å². The smallest absolute Gasteiger partial charge is 0.341 e. The Labute approximate surface area is 193 Å². The second-order valence-electron chi connectivity index (χ2n) is 7.29. The molecule has 32 heavy (non-hydrogen) atoms. The summed E-state index contributed by atoms with van der Waals surface area (Å²) in [6.45, 7) is 10.1. The molecular formula is C24H30N2O5S. The summed E-state index contributed by atoms with van der Waals surface area (Å²) in [5, 5.41) is 3.04. The summed E-state index contributed by atoms with van der Waals surface area (Å²) < 4.78 is 10.5. The topological polar surface area (TPSA) is 84.9 Å². The van der Waals surface area contributed by atoms with Crippen LogP contribution in [-0.4, -0.2) is 49.0 Å². The van der Waals surface area contributed by atoms with Crippen LogP contribution in [0.5, 0.6) is 5.75 Å². The zero-order valence-electron chi connectivity index (χ0n) is 19.4. The van der Waals surface area contributed by atoms with Crippen molar-refractivity contribution in [3.05, 3.63) is 51.9 Å². The normalized spacial score (nSPS) is 11.0. The largest absolute Gasteiger partial charge is 0.497 e. The van der Waals surface area contributed by atoms with E-state index in [9.17, 15) is 14.4 Å². The fourth-order valence-electron chi connectivity index (χ4n) is 3.02. The predicted octanol–water partition coefficient (Wildman–Crippen LogP) is 4.76. The van der Waals surface area contributed by atoms with Crippen molar-refractivity contribution in [3.63, 3.8) is 0 Å². The van der Waals surface area contributed by atoms with Gasteiger partial charge in [-0.3, -0.25) is 9.59 Å². The van der Waals surface area contributed by atoms with Crippen molar-refractivity contribution in [1.29, 1.82) is 0 Å². The van der Waals surface area contributed by atoms with Crippen molar-refractivity contribution in [2.75, 3.05) is 25.5 Å². The summed E-state index contributed by atoms with van der Waals surface area (Å²) in [5.41, 5.74) is 1.54. The zero-order chi connectivity index (χ0) is 23.8. The Morgan fingerprint density at radius 2 is 1.75 bits per heavy atom. The molecule has 7 nitrogen and oxygen atoms in total. The highest BCUT2D eigenvalue weighted by Gasteiger charge is 2.28. The second-order valence-corrected chi connectivity index (χ2v) is 8.31. The fraction of sp³-hybridized carbons (Fsp3) is 0.375. The number of nitrogens with one attached hydrogen (secondary N) is 1. The van der Waals surface area contributed by atoms with Gasteiger partial charge in [-0.25, -0.2) is 4.79 Å². The zero-order valence-corrected chi connectivity index (χ0v) is 20.2. The first-order valence-electron chi connectivity index (χ1n) is 10.5. The molecule has 0 fully saturated rings. The highest BCUT2D eigenvalue weighted by molar-refractivity contribution is 7.18. The van der Waals surface area contributed by atoms with Crippen molar-refractivity contribution in [1.82, 2.24) is 4.90 Å². The molecule has 0 atom stereocenters. The minimum absolute atomic E-state index is 0.176. The first kappa shape index (κ1) is 25.1. The molecule has 172 valence electrons. The van der Waals surface area contributed by atoms with Crippen LogP contribution in [0.2, 0.25) is 0 Å². The summed E-state index contributed by atoms with van der Waals surface area (Å²) in [5.74, 6) is -0.436. The van der Waals surface area contributed by atoms with E-state index in [-0.39, 0.29) is 17.6 Å². The molecule has 1 aromatic carbocycles. The van der Waals surface area contributed by atoms with Crippen LogP contribution in [0, 0.1) is 6.92 Å². The minimum Gasteiger partial charge on any atom is -0.497 e. The van der Waals surface area contributed by atoms with Gasteiger partial charge in [0.05, 0.1) is 23.7 Å². The standard InChI is InChI=1S/C24H30N2O5S/c1-7-26(8-2)23(28)21-16(5)20(24(29)31-15(3)4)22(32-21)25-19(27)14-11-17-9-12-18(30-6)13-10-17/h9-15H,7-8H2,1-6H3,(H,25,27). The van der Waals surface area contributed by atoms with Crippen LogP contribution >= 0.6 is 11.3 Å². The predicted molar refractivity (Wildman–Crippen MR) is 128 cm³/mol. The molecule has 0 aliphatic rings. The quantitative estimate of drug-likeness (QED) is 0.432. The molecule has 0 bridgehead atoms. The third-order valence-electron chi connectivity index (χ3n) is 4.72.